The second kappa shape index (κ2) is 6.85. The Morgan fingerprint density at radius 3 is 2.81 bits per heavy atom. The van der Waals surface area contributed by atoms with Crippen LogP contribution in [0.4, 0.5) is 5.69 Å². The molecule has 1 aromatic heterocycles. The summed E-state index contributed by atoms with van der Waals surface area (Å²) in [7, 11) is 0. The molecule has 3 N–H and O–H groups in total. The van der Waals surface area contributed by atoms with Gasteiger partial charge >= 0.3 is 0 Å². The van der Waals surface area contributed by atoms with Gasteiger partial charge < -0.3 is 11.1 Å². The van der Waals surface area contributed by atoms with E-state index in [1.807, 2.05) is 12.1 Å². The lowest BCUT2D eigenvalue weighted by Gasteiger charge is -2.05. The number of hydrogen-bond donors (Lipinski definition) is 2. The quantitative estimate of drug-likeness (QED) is 0.813. The van der Waals surface area contributed by atoms with Gasteiger partial charge in [0.2, 0.25) is 0 Å². The molecule has 0 fully saturated rings. The molecule has 0 aliphatic heterocycles. The molecule has 5 nitrogen and oxygen atoms in total. The molecule has 5 heteroatoms. The molecule has 0 spiro atoms. The molecule has 1 aromatic carbocycles. The van der Waals surface area contributed by atoms with E-state index in [0.717, 1.165) is 5.56 Å². The fourth-order valence-electron chi connectivity index (χ4n) is 1.62. The zero-order valence-electron chi connectivity index (χ0n) is 11.1. The SMILES string of the molecule is N#Cc1ccc(C(=O)Nc2cccc(C#CCN)c2)nc1. The lowest BCUT2D eigenvalue weighted by atomic mass is 10.2. The summed E-state index contributed by atoms with van der Waals surface area (Å²) in [5.41, 5.74) is 7.36. The van der Waals surface area contributed by atoms with E-state index < -0.39 is 0 Å². The molecule has 1 heterocycles. The molecule has 21 heavy (non-hydrogen) atoms. The van der Waals surface area contributed by atoms with Gasteiger partial charge in [0.05, 0.1) is 12.1 Å². The second-order valence-electron chi connectivity index (χ2n) is 4.08. The Morgan fingerprint density at radius 1 is 1.29 bits per heavy atom. The Hall–Kier alpha value is -3.15. The number of nitrogens with one attached hydrogen (secondary N) is 1. The van der Waals surface area contributed by atoms with E-state index in [0.29, 0.717) is 11.3 Å². The van der Waals surface area contributed by atoms with Crippen LogP contribution in [-0.2, 0) is 0 Å². The third-order valence-corrected chi connectivity index (χ3v) is 2.58. The van der Waals surface area contributed by atoms with Crippen LogP contribution in [0, 0.1) is 23.2 Å². The summed E-state index contributed by atoms with van der Waals surface area (Å²) in [5.74, 6) is 5.30. The lowest BCUT2D eigenvalue weighted by Crippen LogP contribution is -2.13. The summed E-state index contributed by atoms with van der Waals surface area (Å²) in [5, 5.41) is 11.4. The zero-order chi connectivity index (χ0) is 15.1. The van der Waals surface area contributed by atoms with E-state index in [9.17, 15) is 4.79 Å². The van der Waals surface area contributed by atoms with Crippen molar-refractivity contribution in [2.24, 2.45) is 5.73 Å². The molecule has 0 atom stereocenters. The van der Waals surface area contributed by atoms with E-state index in [-0.39, 0.29) is 18.1 Å². The summed E-state index contributed by atoms with van der Waals surface area (Å²) in [6.07, 6.45) is 1.36. The van der Waals surface area contributed by atoms with Gasteiger partial charge in [0, 0.05) is 17.4 Å². The molecule has 2 rings (SSSR count). The first-order valence-corrected chi connectivity index (χ1v) is 6.19. The maximum atomic E-state index is 12.0. The highest BCUT2D eigenvalue weighted by Crippen LogP contribution is 2.11. The van der Waals surface area contributed by atoms with Crippen molar-refractivity contribution in [3.8, 4) is 17.9 Å². The number of rotatable bonds is 2. The molecular formula is C16H12N4O. The van der Waals surface area contributed by atoms with Crippen LogP contribution in [-0.4, -0.2) is 17.4 Å². The van der Waals surface area contributed by atoms with Crippen LogP contribution in [0.1, 0.15) is 21.6 Å². The molecule has 1 amide bonds. The van der Waals surface area contributed by atoms with Gasteiger partial charge in [-0.1, -0.05) is 17.9 Å². The Kier molecular flexibility index (Phi) is 4.66. The lowest BCUT2D eigenvalue weighted by molar-refractivity contribution is 0.102. The van der Waals surface area contributed by atoms with Crippen LogP contribution in [0.25, 0.3) is 0 Å². The molecule has 0 unspecified atom stereocenters. The summed E-state index contributed by atoms with van der Waals surface area (Å²) in [6.45, 7) is 0.283. The van der Waals surface area contributed by atoms with E-state index in [4.69, 9.17) is 11.0 Å². The number of hydrogen-bond acceptors (Lipinski definition) is 4. The smallest absolute Gasteiger partial charge is 0.274 e. The topological polar surface area (TPSA) is 91.8 Å². The minimum Gasteiger partial charge on any atom is -0.321 e. The Morgan fingerprint density at radius 2 is 2.14 bits per heavy atom. The molecule has 2 aromatic rings. The molecule has 0 saturated heterocycles. The average molecular weight is 276 g/mol. The summed E-state index contributed by atoms with van der Waals surface area (Å²) >= 11 is 0. The van der Waals surface area contributed by atoms with Crippen molar-refractivity contribution in [2.75, 3.05) is 11.9 Å². The second-order valence-corrected chi connectivity index (χ2v) is 4.08. The van der Waals surface area contributed by atoms with E-state index in [1.165, 1.54) is 12.3 Å². The number of amides is 1. The minimum absolute atomic E-state index is 0.243. The van der Waals surface area contributed by atoms with E-state index in [2.05, 4.69) is 22.1 Å². The molecule has 102 valence electrons. The van der Waals surface area contributed by atoms with Gasteiger partial charge in [-0.25, -0.2) is 4.98 Å². The number of benzene rings is 1. The molecule has 0 aliphatic rings. The number of nitrogens with zero attached hydrogens (tertiary/aromatic N) is 2. The normalized spacial score (nSPS) is 9.14. The molecule has 0 bridgehead atoms. The third-order valence-electron chi connectivity index (χ3n) is 2.58. The van der Waals surface area contributed by atoms with Gasteiger partial charge in [-0.2, -0.15) is 5.26 Å². The number of aromatic nitrogens is 1. The van der Waals surface area contributed by atoms with Crippen LogP contribution < -0.4 is 11.1 Å². The maximum Gasteiger partial charge on any atom is 0.274 e. The van der Waals surface area contributed by atoms with Crippen LogP contribution >= 0.6 is 0 Å². The van der Waals surface area contributed by atoms with Gasteiger partial charge in [-0.15, -0.1) is 0 Å². The van der Waals surface area contributed by atoms with Crippen molar-refractivity contribution >= 4 is 11.6 Å². The van der Waals surface area contributed by atoms with Crippen molar-refractivity contribution in [3.05, 3.63) is 59.4 Å². The van der Waals surface area contributed by atoms with Gasteiger partial charge in [-0.3, -0.25) is 4.79 Å². The highest BCUT2D eigenvalue weighted by molar-refractivity contribution is 6.02. The number of carbonyl (C=O) groups excluding carboxylic acids is 1. The molecule has 0 saturated carbocycles. The standard InChI is InChI=1S/C16H12N4O/c17-8-2-4-12-3-1-5-14(9-12)20-16(21)15-7-6-13(10-18)11-19-15/h1,3,5-7,9,11H,8,17H2,(H,20,21). The Balaban J connectivity index is 2.13. The van der Waals surface area contributed by atoms with Crippen molar-refractivity contribution in [1.82, 2.24) is 4.98 Å². The van der Waals surface area contributed by atoms with Gasteiger partial charge in [0.25, 0.3) is 5.91 Å². The number of pyridine rings is 1. The van der Waals surface area contributed by atoms with Crippen molar-refractivity contribution in [3.63, 3.8) is 0 Å². The third kappa shape index (κ3) is 3.90. The summed E-state index contributed by atoms with van der Waals surface area (Å²) < 4.78 is 0. The van der Waals surface area contributed by atoms with Crippen molar-refractivity contribution in [1.29, 1.82) is 5.26 Å². The first-order valence-electron chi connectivity index (χ1n) is 6.19. The number of nitriles is 1. The predicted octanol–water partition coefficient (Wildman–Crippen LogP) is 1.52. The highest BCUT2D eigenvalue weighted by Gasteiger charge is 2.07. The number of carbonyl (C=O) groups is 1. The first-order chi connectivity index (χ1) is 10.2. The fraction of sp³-hybridized carbons (Fsp3) is 0.0625. The van der Waals surface area contributed by atoms with E-state index in [1.54, 1.807) is 24.3 Å². The summed E-state index contributed by atoms with van der Waals surface area (Å²) in [6, 6.07) is 12.1. The van der Waals surface area contributed by atoms with E-state index >= 15 is 0 Å². The van der Waals surface area contributed by atoms with Gasteiger partial charge in [-0.05, 0) is 30.3 Å². The number of nitrogens with two attached hydrogens (primary N) is 1. The Bertz CT molecular complexity index is 748. The predicted molar refractivity (Wildman–Crippen MR) is 79.3 cm³/mol. The van der Waals surface area contributed by atoms with Gasteiger partial charge in [0.15, 0.2) is 0 Å². The zero-order valence-corrected chi connectivity index (χ0v) is 11.1. The van der Waals surface area contributed by atoms with Crippen LogP contribution in [0.2, 0.25) is 0 Å². The maximum absolute atomic E-state index is 12.0. The minimum atomic E-state index is -0.344. The van der Waals surface area contributed by atoms with Crippen molar-refractivity contribution in [2.45, 2.75) is 0 Å². The Labute approximate surface area is 122 Å². The van der Waals surface area contributed by atoms with Gasteiger partial charge in [0.1, 0.15) is 11.8 Å². The van der Waals surface area contributed by atoms with Crippen LogP contribution in [0.15, 0.2) is 42.6 Å². The van der Waals surface area contributed by atoms with Crippen molar-refractivity contribution < 1.29 is 4.79 Å². The largest absolute Gasteiger partial charge is 0.321 e. The fourth-order valence-corrected chi connectivity index (χ4v) is 1.62. The van der Waals surface area contributed by atoms with Crippen LogP contribution in [0.3, 0.4) is 0 Å². The average Bonchev–Trinajstić information content (AvgIpc) is 2.53. The highest BCUT2D eigenvalue weighted by atomic mass is 16.1. The molecular weight excluding hydrogens is 264 g/mol. The molecule has 0 aliphatic carbocycles. The van der Waals surface area contributed by atoms with Crippen LogP contribution in [0.5, 0.6) is 0 Å². The monoisotopic (exact) mass is 276 g/mol. The molecule has 0 radical (unpaired) electrons. The summed E-state index contributed by atoms with van der Waals surface area (Å²) in [4.78, 5) is 16.0. The first kappa shape index (κ1) is 14.3. The number of anilines is 1.